The molecule has 0 aliphatic rings. The van der Waals surface area contributed by atoms with Crippen LogP contribution in [0.4, 0.5) is 10.5 Å². The number of hydrogen-bond donors (Lipinski definition) is 3. The highest BCUT2D eigenvalue weighted by molar-refractivity contribution is 5.89. The number of hydrogen-bond acceptors (Lipinski definition) is 3. The summed E-state index contributed by atoms with van der Waals surface area (Å²) in [6, 6.07) is 7.43. The van der Waals surface area contributed by atoms with Gasteiger partial charge in [-0.25, -0.2) is 4.79 Å². The third kappa shape index (κ3) is 8.57. The van der Waals surface area contributed by atoms with Crippen LogP contribution in [0, 0.1) is 5.41 Å². The Morgan fingerprint density at radius 3 is 2.74 bits per heavy atom. The van der Waals surface area contributed by atoms with Gasteiger partial charge in [-0.2, -0.15) is 0 Å². The van der Waals surface area contributed by atoms with Gasteiger partial charge in [-0.05, 0) is 49.8 Å². The van der Waals surface area contributed by atoms with E-state index in [1.165, 1.54) is 0 Å². The molecular formula is C18H30N2O3. The Hall–Kier alpha value is -1.59. The van der Waals surface area contributed by atoms with Crippen LogP contribution in [0.3, 0.4) is 0 Å². The van der Waals surface area contributed by atoms with Crippen molar-refractivity contribution in [2.75, 3.05) is 18.5 Å². The highest BCUT2D eigenvalue weighted by Crippen LogP contribution is 2.20. The van der Waals surface area contributed by atoms with E-state index >= 15 is 0 Å². The molecule has 1 aromatic carbocycles. The summed E-state index contributed by atoms with van der Waals surface area (Å²) < 4.78 is 5.56. The summed E-state index contributed by atoms with van der Waals surface area (Å²) in [5.41, 5.74) is 1.69. The molecule has 1 rings (SSSR count). The molecule has 0 unspecified atom stereocenters. The largest absolute Gasteiger partial charge is 0.396 e. The van der Waals surface area contributed by atoms with Gasteiger partial charge in [0.15, 0.2) is 0 Å². The fraction of sp³-hybridized carbons (Fsp3) is 0.611. The van der Waals surface area contributed by atoms with Gasteiger partial charge in [0.2, 0.25) is 0 Å². The molecule has 0 spiro atoms. The first-order valence-electron chi connectivity index (χ1n) is 8.19. The predicted octanol–water partition coefficient (Wildman–Crippen LogP) is 3.53. The van der Waals surface area contributed by atoms with E-state index in [0.29, 0.717) is 13.2 Å². The summed E-state index contributed by atoms with van der Waals surface area (Å²) in [6.45, 7) is 9.29. The Balaban J connectivity index is 2.35. The quantitative estimate of drug-likeness (QED) is 0.609. The molecule has 5 heteroatoms. The average molecular weight is 322 g/mol. The molecule has 0 aromatic heterocycles. The van der Waals surface area contributed by atoms with E-state index in [0.717, 1.165) is 24.1 Å². The number of amides is 2. The smallest absolute Gasteiger partial charge is 0.319 e. The summed E-state index contributed by atoms with van der Waals surface area (Å²) in [7, 11) is 0. The van der Waals surface area contributed by atoms with Crippen molar-refractivity contribution in [1.82, 2.24) is 5.32 Å². The van der Waals surface area contributed by atoms with Gasteiger partial charge in [0, 0.05) is 18.8 Å². The van der Waals surface area contributed by atoms with Crippen LogP contribution >= 0.6 is 0 Å². The van der Waals surface area contributed by atoms with Gasteiger partial charge in [-0.15, -0.1) is 0 Å². The minimum absolute atomic E-state index is 0.0943. The van der Waals surface area contributed by atoms with Crippen molar-refractivity contribution in [2.24, 2.45) is 5.41 Å². The lowest BCUT2D eigenvalue weighted by Gasteiger charge is -2.21. The second-order valence-electron chi connectivity index (χ2n) is 6.87. The van der Waals surface area contributed by atoms with E-state index in [4.69, 9.17) is 4.74 Å². The maximum atomic E-state index is 11.9. The number of carbonyl (C=O) groups excluding carboxylic acids is 1. The average Bonchev–Trinajstić information content (AvgIpc) is 2.50. The summed E-state index contributed by atoms with van der Waals surface area (Å²) in [6.07, 6.45) is 1.88. The number of aliphatic hydroxyl groups is 1. The minimum Gasteiger partial charge on any atom is -0.396 e. The number of benzene rings is 1. The van der Waals surface area contributed by atoms with E-state index in [9.17, 15) is 9.90 Å². The summed E-state index contributed by atoms with van der Waals surface area (Å²) in [4.78, 5) is 11.9. The Morgan fingerprint density at radius 2 is 2.09 bits per heavy atom. The zero-order chi connectivity index (χ0) is 17.3. The lowest BCUT2D eigenvalue weighted by molar-refractivity contribution is 0.0657. The van der Waals surface area contributed by atoms with Crippen molar-refractivity contribution in [1.29, 1.82) is 0 Å². The number of aliphatic hydroxyl groups excluding tert-OH is 1. The zero-order valence-corrected chi connectivity index (χ0v) is 14.7. The number of carbonyl (C=O) groups is 1. The number of anilines is 1. The van der Waals surface area contributed by atoms with E-state index < -0.39 is 0 Å². The van der Waals surface area contributed by atoms with Crippen LogP contribution in [0.15, 0.2) is 24.3 Å². The van der Waals surface area contributed by atoms with E-state index in [-0.39, 0.29) is 24.2 Å². The van der Waals surface area contributed by atoms with Crippen LogP contribution in [0.1, 0.15) is 46.1 Å². The number of urea groups is 1. The first-order chi connectivity index (χ1) is 10.8. The molecular weight excluding hydrogens is 292 g/mol. The van der Waals surface area contributed by atoms with Crippen LogP contribution in [-0.2, 0) is 11.3 Å². The van der Waals surface area contributed by atoms with E-state index in [2.05, 4.69) is 10.6 Å². The number of ether oxygens (including phenoxy) is 1. The normalized spacial score (nSPS) is 11.6. The van der Waals surface area contributed by atoms with Crippen LogP contribution < -0.4 is 10.6 Å². The van der Waals surface area contributed by atoms with Crippen molar-refractivity contribution in [2.45, 2.75) is 53.2 Å². The molecule has 0 atom stereocenters. The van der Waals surface area contributed by atoms with Gasteiger partial charge in [0.05, 0.1) is 12.7 Å². The summed E-state index contributed by atoms with van der Waals surface area (Å²) >= 11 is 0. The molecule has 0 aliphatic carbocycles. The van der Waals surface area contributed by atoms with Crippen molar-refractivity contribution in [3.63, 3.8) is 0 Å². The molecule has 130 valence electrons. The standard InChI is InChI=1S/C18H30N2O3/c1-14(2)23-12-15-7-5-8-16(11-15)20-17(22)19-10-6-9-18(3,4)13-21/h5,7-8,11,14,21H,6,9-10,12-13H2,1-4H3,(H2,19,20,22). The summed E-state index contributed by atoms with van der Waals surface area (Å²) in [5.74, 6) is 0. The monoisotopic (exact) mass is 322 g/mol. The maximum Gasteiger partial charge on any atom is 0.319 e. The predicted molar refractivity (Wildman–Crippen MR) is 93.5 cm³/mol. The Labute approximate surface area is 139 Å². The molecule has 5 nitrogen and oxygen atoms in total. The van der Waals surface area contributed by atoms with Gasteiger partial charge in [-0.1, -0.05) is 26.0 Å². The molecule has 0 bridgehead atoms. The zero-order valence-electron chi connectivity index (χ0n) is 14.7. The Morgan fingerprint density at radius 1 is 1.35 bits per heavy atom. The Kier molecular flexibility index (Phi) is 8.06. The highest BCUT2D eigenvalue weighted by Gasteiger charge is 2.15. The van der Waals surface area contributed by atoms with Gasteiger partial charge < -0.3 is 20.5 Å². The molecule has 0 saturated heterocycles. The lowest BCUT2D eigenvalue weighted by Crippen LogP contribution is -2.30. The van der Waals surface area contributed by atoms with Crippen LogP contribution in [0.5, 0.6) is 0 Å². The number of rotatable bonds is 9. The van der Waals surface area contributed by atoms with Gasteiger partial charge in [0.1, 0.15) is 0 Å². The topological polar surface area (TPSA) is 70.6 Å². The maximum absolute atomic E-state index is 11.9. The van der Waals surface area contributed by atoms with Crippen molar-refractivity contribution >= 4 is 11.7 Å². The van der Waals surface area contributed by atoms with E-state index in [1.807, 2.05) is 52.0 Å². The first-order valence-corrected chi connectivity index (χ1v) is 8.19. The van der Waals surface area contributed by atoms with Crippen molar-refractivity contribution in [3.8, 4) is 0 Å². The van der Waals surface area contributed by atoms with Crippen LogP contribution in [0.25, 0.3) is 0 Å². The third-order valence-electron chi connectivity index (χ3n) is 3.51. The fourth-order valence-corrected chi connectivity index (χ4v) is 2.02. The van der Waals surface area contributed by atoms with Gasteiger partial charge in [0.25, 0.3) is 0 Å². The van der Waals surface area contributed by atoms with E-state index in [1.54, 1.807) is 0 Å². The number of nitrogens with one attached hydrogen (secondary N) is 2. The molecule has 1 aromatic rings. The van der Waals surface area contributed by atoms with Crippen molar-refractivity contribution < 1.29 is 14.6 Å². The third-order valence-corrected chi connectivity index (χ3v) is 3.51. The molecule has 23 heavy (non-hydrogen) atoms. The van der Waals surface area contributed by atoms with Crippen molar-refractivity contribution in [3.05, 3.63) is 29.8 Å². The molecule has 0 fully saturated rings. The lowest BCUT2D eigenvalue weighted by atomic mass is 9.89. The van der Waals surface area contributed by atoms with Crippen LogP contribution in [-0.4, -0.2) is 30.4 Å². The molecule has 0 heterocycles. The molecule has 0 radical (unpaired) electrons. The molecule has 3 N–H and O–H groups in total. The van der Waals surface area contributed by atoms with Gasteiger partial charge >= 0.3 is 6.03 Å². The van der Waals surface area contributed by atoms with Crippen LogP contribution in [0.2, 0.25) is 0 Å². The highest BCUT2D eigenvalue weighted by atomic mass is 16.5. The van der Waals surface area contributed by atoms with Gasteiger partial charge in [-0.3, -0.25) is 0 Å². The fourth-order valence-electron chi connectivity index (χ4n) is 2.02. The molecule has 0 aliphatic heterocycles. The Bertz CT molecular complexity index is 487. The minimum atomic E-state index is -0.214. The summed E-state index contributed by atoms with van der Waals surface area (Å²) in [5, 5.41) is 14.9. The first kappa shape index (κ1) is 19.5. The molecule has 0 saturated carbocycles. The molecule has 2 amide bonds. The SMILES string of the molecule is CC(C)OCc1cccc(NC(=O)NCCCC(C)(C)CO)c1. The second-order valence-corrected chi connectivity index (χ2v) is 6.87. The second kappa shape index (κ2) is 9.53.